The van der Waals surface area contributed by atoms with Gasteiger partial charge in [0.1, 0.15) is 6.54 Å². The number of allylic oxidation sites excluding steroid dienone is 3. The van der Waals surface area contributed by atoms with Gasteiger partial charge in [0.2, 0.25) is 11.4 Å². The summed E-state index contributed by atoms with van der Waals surface area (Å²) < 4.78 is 4.61. The molecule has 4 heteroatoms. The first-order valence-corrected chi connectivity index (χ1v) is 15.5. The van der Waals surface area contributed by atoms with E-state index in [2.05, 4.69) is 95.8 Å². The van der Waals surface area contributed by atoms with Crippen LogP contribution in [0, 0.1) is 0 Å². The second-order valence-electron chi connectivity index (χ2n) is 11.6. The van der Waals surface area contributed by atoms with E-state index < -0.39 is 0 Å². The van der Waals surface area contributed by atoms with Crippen LogP contribution in [0.4, 0.5) is 5.69 Å². The summed E-state index contributed by atoms with van der Waals surface area (Å²) in [6.07, 6.45) is 10.4. The molecule has 0 spiro atoms. The molecule has 4 aromatic carbocycles. The van der Waals surface area contributed by atoms with Gasteiger partial charge in [0.05, 0.1) is 10.9 Å². The highest BCUT2D eigenvalue weighted by atomic mass is 16.3. The van der Waals surface area contributed by atoms with Crippen LogP contribution in [0.2, 0.25) is 0 Å². The Bertz CT molecular complexity index is 2030. The predicted octanol–water partition coefficient (Wildman–Crippen LogP) is 7.10. The minimum Gasteiger partial charge on any atom is -0.871 e. The summed E-state index contributed by atoms with van der Waals surface area (Å²) in [6.45, 7) is 6.13. The van der Waals surface area contributed by atoms with Gasteiger partial charge in [-0.05, 0) is 41.8 Å². The Morgan fingerprint density at radius 1 is 0.786 bits per heavy atom. The maximum Gasteiger partial charge on any atom is 0.214 e. The lowest BCUT2D eigenvalue weighted by Crippen LogP contribution is -2.32. The smallest absolute Gasteiger partial charge is 0.214 e. The van der Waals surface area contributed by atoms with Crippen LogP contribution < -0.4 is 10.5 Å². The van der Waals surface area contributed by atoms with Crippen molar-refractivity contribution >= 4 is 55.7 Å². The second-order valence-corrected chi connectivity index (χ2v) is 11.6. The fourth-order valence-electron chi connectivity index (χ4n) is 6.87. The molecule has 2 heterocycles. The van der Waals surface area contributed by atoms with Gasteiger partial charge < -0.3 is 9.67 Å². The minimum absolute atomic E-state index is 0.159. The van der Waals surface area contributed by atoms with Gasteiger partial charge in [-0.1, -0.05) is 93.5 Å². The number of carbonyl (C=O) groups is 1. The van der Waals surface area contributed by atoms with Crippen LogP contribution in [-0.4, -0.2) is 27.2 Å². The van der Waals surface area contributed by atoms with Gasteiger partial charge in [0.25, 0.3) is 0 Å². The molecule has 0 atom stereocenters. The molecule has 42 heavy (non-hydrogen) atoms. The van der Waals surface area contributed by atoms with Crippen molar-refractivity contribution in [2.45, 2.75) is 58.9 Å². The van der Waals surface area contributed by atoms with Crippen molar-refractivity contribution in [2.75, 3.05) is 6.54 Å². The Morgan fingerprint density at radius 2 is 1.48 bits per heavy atom. The molecule has 4 nitrogen and oxygen atoms in total. The lowest BCUT2D eigenvalue weighted by molar-refractivity contribution is -0.436. The first-order chi connectivity index (χ1) is 20.6. The highest BCUT2D eigenvalue weighted by molar-refractivity contribution is 6.29. The summed E-state index contributed by atoms with van der Waals surface area (Å²) in [4.78, 5) is 13.7. The minimum atomic E-state index is -0.159. The predicted molar refractivity (Wildman–Crippen MR) is 171 cm³/mol. The third-order valence-electron chi connectivity index (χ3n) is 8.99. The van der Waals surface area contributed by atoms with Gasteiger partial charge in [-0.3, -0.25) is 4.79 Å². The summed E-state index contributed by atoms with van der Waals surface area (Å²) in [5.74, 6) is -0.318. The Labute approximate surface area is 246 Å². The van der Waals surface area contributed by atoms with E-state index in [9.17, 15) is 9.90 Å². The monoisotopic (exact) mass is 552 g/mol. The number of hydrogen-bond acceptors (Lipinski definition) is 2. The van der Waals surface area contributed by atoms with Crippen LogP contribution >= 0.6 is 0 Å². The summed E-state index contributed by atoms with van der Waals surface area (Å²) in [5.41, 5.74) is 4.95. The summed E-state index contributed by atoms with van der Waals surface area (Å²) in [6, 6.07) is 25.4. The topological polar surface area (TPSA) is 48.1 Å². The molecule has 0 saturated carbocycles. The zero-order valence-electron chi connectivity index (χ0n) is 24.5. The zero-order valence-corrected chi connectivity index (χ0v) is 24.5. The Kier molecular flexibility index (Phi) is 6.78. The summed E-state index contributed by atoms with van der Waals surface area (Å²) in [7, 11) is 0. The second kappa shape index (κ2) is 10.8. The van der Waals surface area contributed by atoms with Crippen LogP contribution in [0.15, 0.2) is 95.8 Å². The number of unbranched alkanes of at least 4 members (excludes halogenated alkanes) is 4. The van der Waals surface area contributed by atoms with Crippen LogP contribution in [0.3, 0.4) is 0 Å². The quantitative estimate of drug-likeness (QED) is 0.105. The molecule has 7 rings (SSSR count). The van der Waals surface area contributed by atoms with Gasteiger partial charge in [0.15, 0.2) is 5.78 Å². The average molecular weight is 553 g/mol. The number of benzene rings is 4. The number of nitrogens with zero attached hydrogens (tertiary/aromatic N) is 2. The van der Waals surface area contributed by atoms with Crippen LogP contribution in [0.1, 0.15) is 57.9 Å². The average Bonchev–Trinajstić information content (AvgIpc) is 3.49. The number of aryl methyl sites for hydroxylation is 1. The van der Waals surface area contributed by atoms with Crippen molar-refractivity contribution in [3.05, 3.63) is 107 Å². The fourth-order valence-corrected chi connectivity index (χ4v) is 6.87. The van der Waals surface area contributed by atoms with Crippen molar-refractivity contribution in [3.63, 3.8) is 0 Å². The first kappa shape index (κ1) is 26.5. The van der Waals surface area contributed by atoms with Gasteiger partial charge in [0, 0.05) is 57.9 Å². The number of Topliss-reactive ketones (excluding diaryl/α,β-unsaturated/α-hetero) is 1. The normalized spacial score (nSPS) is 16.3. The molecule has 0 amide bonds. The van der Waals surface area contributed by atoms with E-state index in [0.29, 0.717) is 0 Å². The lowest BCUT2D eigenvalue weighted by Gasteiger charge is -2.28. The number of rotatable bonds is 10. The third kappa shape index (κ3) is 4.12. The van der Waals surface area contributed by atoms with Gasteiger partial charge in [-0.25, -0.2) is 0 Å². The van der Waals surface area contributed by atoms with Crippen LogP contribution in [0.25, 0.3) is 38.5 Å². The molecule has 2 aliphatic rings. The molecule has 0 unspecified atom stereocenters. The highest BCUT2D eigenvalue weighted by Gasteiger charge is 2.34. The van der Waals surface area contributed by atoms with Gasteiger partial charge in [-0.2, -0.15) is 4.58 Å². The molecule has 1 aliphatic carbocycles. The van der Waals surface area contributed by atoms with E-state index in [1.807, 2.05) is 12.2 Å². The van der Waals surface area contributed by atoms with E-state index in [0.717, 1.165) is 84.8 Å². The van der Waals surface area contributed by atoms with Crippen LogP contribution in [-0.2, 0) is 11.3 Å². The van der Waals surface area contributed by atoms with Crippen molar-refractivity contribution in [1.29, 1.82) is 0 Å². The molecule has 1 aromatic heterocycles. The van der Waals surface area contributed by atoms with E-state index in [-0.39, 0.29) is 22.7 Å². The maximum absolute atomic E-state index is 13.7. The molecule has 0 saturated heterocycles. The number of hydrogen-bond donors (Lipinski definition) is 0. The standard InChI is InChI=1S/C38H36N2O2/c1-3-5-7-21-39-31-19-11-15-25-13-9-17-27(35(25)31)33(39)23-29-37(41)30(38(29)42)24-34-28-18-10-14-26-16-12-20-32(36(26)28)40(34)22-8-6-4-2/h9-20,23-24H,3-8,21-22H2,1-2H3. The Balaban J connectivity index is 1.36. The van der Waals surface area contributed by atoms with E-state index in [4.69, 9.17) is 0 Å². The molecule has 0 N–H and O–H groups in total. The van der Waals surface area contributed by atoms with Gasteiger partial charge >= 0.3 is 0 Å². The molecule has 0 bridgehead atoms. The highest BCUT2D eigenvalue weighted by Crippen LogP contribution is 2.37. The van der Waals surface area contributed by atoms with Crippen molar-refractivity contribution in [2.24, 2.45) is 0 Å². The van der Waals surface area contributed by atoms with E-state index in [1.54, 1.807) is 0 Å². The summed E-state index contributed by atoms with van der Waals surface area (Å²) in [5, 5.41) is 20.5. The zero-order chi connectivity index (χ0) is 28.8. The van der Waals surface area contributed by atoms with Crippen molar-refractivity contribution in [1.82, 2.24) is 4.57 Å². The van der Waals surface area contributed by atoms with Crippen LogP contribution in [0.5, 0.6) is 0 Å². The molecule has 210 valence electrons. The lowest BCUT2D eigenvalue weighted by atomic mass is 9.86. The SMILES string of the molecule is CCCCCn1/c(=C/C2=C([O-])C(=C\C3=[N+](CCCCC)c4cccc5cccc3c45)/C2=O)c2cccc3cccc1c32. The van der Waals surface area contributed by atoms with E-state index in [1.165, 1.54) is 21.5 Å². The molecular formula is C38H36N2O2. The third-order valence-corrected chi connectivity index (χ3v) is 8.99. The maximum atomic E-state index is 13.7. The van der Waals surface area contributed by atoms with Gasteiger partial charge in [-0.15, -0.1) is 0 Å². The molecule has 1 aliphatic heterocycles. The van der Waals surface area contributed by atoms with Crippen molar-refractivity contribution in [3.8, 4) is 0 Å². The van der Waals surface area contributed by atoms with Crippen molar-refractivity contribution < 1.29 is 14.5 Å². The molecule has 5 aromatic rings. The fraction of sp³-hybridized carbons (Fsp3) is 0.263. The molecule has 0 fully saturated rings. The summed E-state index contributed by atoms with van der Waals surface area (Å²) >= 11 is 0. The molecule has 0 radical (unpaired) electrons. The van der Waals surface area contributed by atoms with E-state index >= 15 is 0 Å². The first-order valence-electron chi connectivity index (χ1n) is 15.5. The number of aromatic nitrogens is 1. The largest absolute Gasteiger partial charge is 0.871 e. The Morgan fingerprint density at radius 3 is 2.24 bits per heavy atom. The molecular weight excluding hydrogens is 516 g/mol. The Hall–Kier alpha value is -4.44. The number of carbonyl (C=O) groups excluding carboxylic acids is 1. The number of ketones is 1.